The average Bonchev–Trinajstić information content (AvgIpc) is 3.26. The highest BCUT2D eigenvalue weighted by molar-refractivity contribution is 6.14. The lowest BCUT2D eigenvalue weighted by Gasteiger charge is -2.26. The second kappa shape index (κ2) is 7.84. The van der Waals surface area contributed by atoms with Crippen molar-refractivity contribution in [2.75, 3.05) is 20.3 Å². The maximum atomic E-state index is 12.7. The van der Waals surface area contributed by atoms with Crippen LogP contribution in [0, 0.1) is 0 Å². The average molecular weight is 353 g/mol. The molecule has 26 heavy (non-hydrogen) atoms. The van der Waals surface area contributed by atoms with E-state index in [1.54, 1.807) is 12.1 Å². The van der Waals surface area contributed by atoms with Crippen LogP contribution in [0.3, 0.4) is 0 Å². The van der Waals surface area contributed by atoms with Crippen molar-refractivity contribution in [3.05, 3.63) is 77.5 Å². The summed E-state index contributed by atoms with van der Waals surface area (Å²) >= 11 is 0. The Morgan fingerprint density at radius 2 is 2.04 bits per heavy atom. The molecule has 0 spiro atoms. The maximum Gasteiger partial charge on any atom is 0.290 e. The van der Waals surface area contributed by atoms with Crippen LogP contribution in [0.2, 0.25) is 0 Å². The Balaban J connectivity index is 1.96. The summed E-state index contributed by atoms with van der Waals surface area (Å²) in [5.41, 5.74) is 0.802. The largest absolute Gasteiger partial charge is 0.503 e. The molecule has 0 aliphatic carbocycles. The van der Waals surface area contributed by atoms with Crippen molar-refractivity contribution in [1.82, 2.24) is 4.90 Å². The van der Waals surface area contributed by atoms with Gasteiger partial charge >= 0.3 is 0 Å². The number of nitrogens with zero attached hydrogens (tertiary/aromatic N) is 1. The minimum absolute atomic E-state index is 0.0557. The summed E-state index contributed by atoms with van der Waals surface area (Å²) in [6, 6.07) is 11.9. The number of carbonyl (C=O) groups is 2. The molecule has 0 unspecified atom stereocenters. The fourth-order valence-corrected chi connectivity index (χ4v) is 2.94. The number of rotatable bonds is 7. The van der Waals surface area contributed by atoms with Crippen molar-refractivity contribution in [1.29, 1.82) is 0 Å². The van der Waals surface area contributed by atoms with Crippen molar-refractivity contribution in [2.24, 2.45) is 0 Å². The fraction of sp³-hybridized carbons (Fsp3) is 0.200. The van der Waals surface area contributed by atoms with Crippen molar-refractivity contribution >= 4 is 17.8 Å². The van der Waals surface area contributed by atoms with Gasteiger partial charge < -0.3 is 19.2 Å². The molecule has 6 heteroatoms. The van der Waals surface area contributed by atoms with Crippen LogP contribution < -0.4 is 0 Å². The van der Waals surface area contributed by atoms with Gasteiger partial charge in [0.15, 0.2) is 11.5 Å². The molecule has 0 fully saturated rings. The van der Waals surface area contributed by atoms with E-state index in [-0.39, 0.29) is 12.1 Å². The van der Waals surface area contributed by atoms with Gasteiger partial charge in [-0.2, -0.15) is 0 Å². The zero-order chi connectivity index (χ0) is 18.5. The van der Waals surface area contributed by atoms with E-state index in [2.05, 4.69) is 0 Å². The molecule has 6 nitrogen and oxygen atoms in total. The molecule has 2 aromatic rings. The molecule has 1 atom stereocenters. The quantitative estimate of drug-likeness (QED) is 0.774. The number of hydrogen-bond donors (Lipinski definition) is 1. The number of allylic oxidation sites excluding steroid dienone is 1. The summed E-state index contributed by atoms with van der Waals surface area (Å²) in [6.07, 6.45) is 4.31. The van der Waals surface area contributed by atoms with Crippen molar-refractivity contribution in [3.8, 4) is 0 Å². The van der Waals surface area contributed by atoms with E-state index in [0.717, 1.165) is 5.56 Å². The lowest BCUT2D eigenvalue weighted by atomic mass is 9.96. The van der Waals surface area contributed by atoms with E-state index in [4.69, 9.17) is 9.15 Å². The lowest BCUT2D eigenvalue weighted by molar-refractivity contribution is -0.130. The molecule has 1 aromatic carbocycles. The first-order valence-corrected chi connectivity index (χ1v) is 8.17. The van der Waals surface area contributed by atoms with Crippen LogP contribution in [-0.2, 0) is 14.3 Å². The normalized spacial score (nSPS) is 17.5. The van der Waals surface area contributed by atoms with Crippen LogP contribution >= 0.6 is 0 Å². The first kappa shape index (κ1) is 17.7. The molecule has 0 radical (unpaired) electrons. The third kappa shape index (κ3) is 3.45. The highest BCUT2D eigenvalue weighted by Gasteiger charge is 2.42. The van der Waals surface area contributed by atoms with E-state index in [1.165, 1.54) is 30.4 Å². The fourth-order valence-electron chi connectivity index (χ4n) is 2.94. The summed E-state index contributed by atoms with van der Waals surface area (Å²) < 4.78 is 10.2. The van der Waals surface area contributed by atoms with E-state index >= 15 is 0 Å². The Morgan fingerprint density at radius 3 is 2.69 bits per heavy atom. The number of ether oxygens (including phenoxy) is 1. The molecule has 1 N–H and O–H groups in total. The Hall–Kier alpha value is -3.12. The monoisotopic (exact) mass is 353 g/mol. The standard InChI is InChI=1S/C20H19NO5/c1-25-13-11-21-18(14-6-3-2-4-7-14)17(19(23)20(21)24)16(22)10-9-15-8-5-12-26-15/h2-10,12,18,23H,11,13H2,1H3/b10-9+/t18-/m0/s1. The van der Waals surface area contributed by atoms with Gasteiger partial charge in [0.05, 0.1) is 24.5 Å². The molecule has 0 bridgehead atoms. The zero-order valence-corrected chi connectivity index (χ0v) is 14.3. The number of furan rings is 1. The van der Waals surface area contributed by atoms with E-state index in [0.29, 0.717) is 12.4 Å². The molecule has 1 aromatic heterocycles. The molecular formula is C20H19NO5. The molecule has 0 saturated carbocycles. The second-order valence-corrected chi connectivity index (χ2v) is 5.78. The van der Waals surface area contributed by atoms with Crippen molar-refractivity contribution in [2.45, 2.75) is 6.04 Å². The SMILES string of the molecule is COCCN1C(=O)C(O)=C(C(=O)/C=C/c2ccco2)[C@@H]1c1ccccc1. The number of carbonyl (C=O) groups excluding carboxylic acids is 2. The van der Waals surface area contributed by atoms with Gasteiger partial charge in [-0.1, -0.05) is 30.3 Å². The van der Waals surface area contributed by atoms with E-state index in [1.807, 2.05) is 30.3 Å². The van der Waals surface area contributed by atoms with Gasteiger partial charge in [0.2, 0.25) is 0 Å². The Kier molecular flexibility index (Phi) is 5.34. The maximum absolute atomic E-state index is 12.7. The predicted octanol–water partition coefficient (Wildman–Crippen LogP) is 2.90. The first-order valence-electron chi connectivity index (χ1n) is 8.17. The van der Waals surface area contributed by atoms with Crippen LogP contribution in [-0.4, -0.2) is 42.0 Å². The van der Waals surface area contributed by atoms with Crippen LogP contribution in [0.15, 0.2) is 70.6 Å². The molecule has 3 rings (SSSR count). The number of aliphatic hydroxyl groups excluding tert-OH is 1. The summed E-state index contributed by atoms with van der Waals surface area (Å²) in [5, 5.41) is 10.4. The Labute approximate surface area is 151 Å². The number of ketones is 1. The van der Waals surface area contributed by atoms with E-state index < -0.39 is 23.5 Å². The summed E-state index contributed by atoms with van der Waals surface area (Å²) in [6.45, 7) is 0.559. The predicted molar refractivity (Wildman–Crippen MR) is 95.2 cm³/mol. The van der Waals surface area contributed by atoms with Gasteiger partial charge in [-0.25, -0.2) is 0 Å². The van der Waals surface area contributed by atoms with Gasteiger partial charge in [0.1, 0.15) is 5.76 Å². The minimum Gasteiger partial charge on any atom is -0.503 e. The smallest absolute Gasteiger partial charge is 0.290 e. The molecule has 1 aliphatic rings. The van der Waals surface area contributed by atoms with E-state index in [9.17, 15) is 14.7 Å². The molecule has 1 amide bonds. The van der Waals surface area contributed by atoms with Gasteiger partial charge in [-0.15, -0.1) is 0 Å². The number of methoxy groups -OCH3 is 1. The second-order valence-electron chi connectivity index (χ2n) is 5.78. The third-order valence-electron chi connectivity index (χ3n) is 4.16. The Bertz CT molecular complexity index is 836. The number of benzene rings is 1. The zero-order valence-electron chi connectivity index (χ0n) is 14.3. The first-order chi connectivity index (χ1) is 12.6. The molecule has 2 heterocycles. The van der Waals surface area contributed by atoms with Gasteiger partial charge in [-0.05, 0) is 29.8 Å². The topological polar surface area (TPSA) is 80.0 Å². The van der Waals surface area contributed by atoms with Crippen LogP contribution in [0.1, 0.15) is 17.4 Å². The lowest BCUT2D eigenvalue weighted by Crippen LogP contribution is -2.33. The van der Waals surface area contributed by atoms with Gasteiger partial charge in [-0.3, -0.25) is 9.59 Å². The minimum atomic E-state index is -0.660. The van der Waals surface area contributed by atoms with Gasteiger partial charge in [0, 0.05) is 13.7 Å². The molecule has 1 aliphatic heterocycles. The molecule has 0 saturated heterocycles. The van der Waals surface area contributed by atoms with Crippen LogP contribution in [0.5, 0.6) is 0 Å². The van der Waals surface area contributed by atoms with Crippen molar-refractivity contribution in [3.63, 3.8) is 0 Å². The highest BCUT2D eigenvalue weighted by Crippen LogP contribution is 2.37. The molecular weight excluding hydrogens is 334 g/mol. The number of amides is 1. The molecule has 134 valence electrons. The van der Waals surface area contributed by atoms with Crippen LogP contribution in [0.4, 0.5) is 0 Å². The summed E-state index contributed by atoms with van der Waals surface area (Å²) in [5.74, 6) is -1.04. The van der Waals surface area contributed by atoms with Gasteiger partial charge in [0.25, 0.3) is 5.91 Å². The van der Waals surface area contributed by atoms with Crippen molar-refractivity contribution < 1.29 is 23.8 Å². The Morgan fingerprint density at radius 1 is 1.27 bits per heavy atom. The summed E-state index contributed by atoms with van der Waals surface area (Å²) in [4.78, 5) is 26.7. The third-order valence-corrected chi connectivity index (χ3v) is 4.16. The summed E-state index contributed by atoms with van der Waals surface area (Å²) in [7, 11) is 1.53. The number of aliphatic hydroxyl groups is 1. The van der Waals surface area contributed by atoms with Crippen LogP contribution in [0.25, 0.3) is 6.08 Å². The highest BCUT2D eigenvalue weighted by atomic mass is 16.5. The number of hydrogen-bond acceptors (Lipinski definition) is 5.